The highest BCUT2D eigenvalue weighted by molar-refractivity contribution is 6.98. The van der Waals surface area contributed by atoms with Crippen LogP contribution in [0.2, 0.25) is 5.04 Å². The van der Waals surface area contributed by atoms with Gasteiger partial charge >= 0.3 is 0 Å². The predicted molar refractivity (Wildman–Crippen MR) is 133 cm³/mol. The minimum absolute atomic E-state index is 0.0378. The fraction of sp³-hybridized carbons (Fsp3) is 0.536. The van der Waals surface area contributed by atoms with Gasteiger partial charge in [0.2, 0.25) is 0 Å². The summed E-state index contributed by atoms with van der Waals surface area (Å²) in [5.41, 5.74) is 0.138. The number of rotatable bonds is 8. The van der Waals surface area contributed by atoms with Crippen molar-refractivity contribution in [3.63, 3.8) is 0 Å². The van der Waals surface area contributed by atoms with Gasteiger partial charge in [-0.25, -0.2) is 0 Å². The molecule has 2 nitrogen and oxygen atoms in total. The van der Waals surface area contributed by atoms with E-state index in [0.717, 1.165) is 42.3 Å². The third kappa shape index (κ3) is 3.96. The van der Waals surface area contributed by atoms with E-state index in [0.29, 0.717) is 5.92 Å². The summed E-state index contributed by atoms with van der Waals surface area (Å²) in [6.45, 7) is 13.6. The smallest absolute Gasteiger partial charge is 0.258 e. The van der Waals surface area contributed by atoms with Crippen molar-refractivity contribution in [2.24, 2.45) is 22.7 Å². The minimum atomic E-state index is -2.97. The second-order valence-corrected chi connectivity index (χ2v) is 15.1. The summed E-state index contributed by atoms with van der Waals surface area (Å²) in [5.74, 6) is 0.629. The van der Waals surface area contributed by atoms with Crippen LogP contribution in [0, 0.1) is 22.7 Å². The third-order valence-corrected chi connectivity index (χ3v) is 13.7. The van der Waals surface area contributed by atoms with Crippen LogP contribution >= 0.6 is 0 Å². The molecular weight excluding hydrogens is 396 g/mol. The van der Waals surface area contributed by atoms with Crippen molar-refractivity contribution < 1.29 is 9.59 Å². The first-order valence-electron chi connectivity index (χ1n) is 11.8. The second kappa shape index (κ2) is 8.67. The van der Waals surface area contributed by atoms with Gasteiger partial charge in [0.15, 0.2) is 0 Å². The van der Waals surface area contributed by atoms with Gasteiger partial charge in [0.1, 0.15) is 6.29 Å². The van der Waals surface area contributed by atoms with Crippen molar-refractivity contribution in [3.05, 3.63) is 60.7 Å². The lowest BCUT2D eigenvalue weighted by molar-refractivity contribution is -0.117. The van der Waals surface area contributed by atoms with Crippen molar-refractivity contribution in [1.29, 1.82) is 0 Å². The Hall–Kier alpha value is -1.71. The number of hydrogen-bond acceptors (Lipinski definition) is 2. The molecule has 2 aromatic carbocycles. The summed E-state index contributed by atoms with van der Waals surface area (Å²) >= 11 is 0. The zero-order valence-corrected chi connectivity index (χ0v) is 21.2. The molecule has 0 bridgehead atoms. The van der Waals surface area contributed by atoms with Gasteiger partial charge in [-0.3, -0.25) is 0 Å². The molecule has 1 aliphatic rings. The van der Waals surface area contributed by atoms with E-state index < -0.39 is 8.32 Å². The third-order valence-electron chi connectivity index (χ3n) is 9.19. The molecular formula is C28H40O2Si. The Balaban J connectivity index is 1.90. The summed E-state index contributed by atoms with van der Waals surface area (Å²) < 4.78 is 0. The monoisotopic (exact) mass is 436 g/mol. The molecule has 0 spiro atoms. The highest BCUT2D eigenvalue weighted by Gasteiger charge is 2.55. The van der Waals surface area contributed by atoms with Gasteiger partial charge in [0, 0.05) is 5.92 Å². The second-order valence-electron chi connectivity index (χ2n) is 11.2. The van der Waals surface area contributed by atoms with Crippen LogP contribution in [0.5, 0.6) is 0 Å². The van der Waals surface area contributed by atoms with E-state index in [1.807, 2.05) is 36.4 Å². The average molecular weight is 437 g/mol. The Kier molecular flexibility index (Phi) is 6.70. The van der Waals surface area contributed by atoms with Crippen molar-refractivity contribution in [2.45, 2.75) is 72.3 Å². The number of benzene rings is 2. The van der Waals surface area contributed by atoms with Gasteiger partial charge in [-0.15, -0.1) is 0 Å². The zero-order chi connectivity index (χ0) is 22.9. The quantitative estimate of drug-likeness (QED) is 0.433. The van der Waals surface area contributed by atoms with E-state index in [9.17, 15) is 9.59 Å². The normalized spacial score (nSPS) is 24.7. The van der Waals surface area contributed by atoms with Crippen LogP contribution in [0.15, 0.2) is 60.7 Å². The lowest BCUT2D eigenvalue weighted by atomic mass is 9.60. The fourth-order valence-corrected chi connectivity index (χ4v) is 9.87. The Bertz CT molecular complexity index is 835. The molecule has 1 aliphatic carbocycles. The standard InChI is InChI=1S/C28H40O2Si/c1-22(21-29)28(6)20-18-23(27(28,4)5)17-19-26(2,3)31(30,24-13-9-7-10-14-24)25-15-11-8-12-16-25/h7-16,21-23,30H,17-20H2,1-6H3/t22-,23+,28+/m0/s1. The summed E-state index contributed by atoms with van der Waals surface area (Å²) in [4.78, 5) is 24.0. The van der Waals surface area contributed by atoms with E-state index in [2.05, 4.69) is 65.8 Å². The topological polar surface area (TPSA) is 37.3 Å². The average Bonchev–Trinajstić information content (AvgIpc) is 3.01. The maximum Gasteiger partial charge on any atom is 0.258 e. The molecule has 31 heavy (non-hydrogen) atoms. The molecule has 0 heterocycles. The van der Waals surface area contributed by atoms with Gasteiger partial charge in [0.25, 0.3) is 8.32 Å². The molecule has 1 N–H and O–H groups in total. The lowest BCUT2D eigenvalue weighted by Crippen LogP contribution is -2.65. The summed E-state index contributed by atoms with van der Waals surface area (Å²) in [5, 5.41) is 1.94. The largest absolute Gasteiger partial charge is 0.424 e. The summed E-state index contributed by atoms with van der Waals surface area (Å²) in [6, 6.07) is 20.6. The van der Waals surface area contributed by atoms with Crippen molar-refractivity contribution in [3.8, 4) is 0 Å². The molecule has 1 saturated carbocycles. The van der Waals surface area contributed by atoms with E-state index in [-0.39, 0.29) is 21.8 Å². The molecule has 1 fully saturated rings. The first-order valence-corrected chi connectivity index (χ1v) is 13.7. The van der Waals surface area contributed by atoms with Crippen LogP contribution in [0.4, 0.5) is 0 Å². The molecule has 0 amide bonds. The molecule has 3 heteroatoms. The van der Waals surface area contributed by atoms with Crippen LogP contribution in [0.3, 0.4) is 0 Å². The van der Waals surface area contributed by atoms with Crippen LogP contribution in [-0.4, -0.2) is 19.4 Å². The Morgan fingerprint density at radius 2 is 1.52 bits per heavy atom. The first kappa shape index (κ1) is 23.9. The summed E-state index contributed by atoms with van der Waals surface area (Å²) in [6.07, 6.45) is 5.46. The predicted octanol–water partition coefficient (Wildman–Crippen LogP) is 5.58. The van der Waals surface area contributed by atoms with E-state index in [1.165, 1.54) is 0 Å². The van der Waals surface area contributed by atoms with Crippen LogP contribution < -0.4 is 10.4 Å². The highest BCUT2D eigenvalue weighted by atomic mass is 28.4. The van der Waals surface area contributed by atoms with E-state index in [4.69, 9.17) is 0 Å². The number of aldehydes is 1. The Morgan fingerprint density at radius 1 is 1.03 bits per heavy atom. The van der Waals surface area contributed by atoms with Crippen LogP contribution in [-0.2, 0) is 4.79 Å². The molecule has 0 aliphatic heterocycles. The molecule has 168 valence electrons. The van der Waals surface area contributed by atoms with Gasteiger partial charge < -0.3 is 9.59 Å². The van der Waals surface area contributed by atoms with Gasteiger partial charge in [-0.05, 0) is 57.8 Å². The number of carbonyl (C=O) groups excluding carboxylic acids is 1. The molecule has 0 unspecified atom stereocenters. The van der Waals surface area contributed by atoms with Crippen molar-refractivity contribution in [1.82, 2.24) is 0 Å². The first-order chi connectivity index (χ1) is 14.5. The molecule has 0 radical (unpaired) electrons. The maximum atomic E-state index is 12.4. The maximum absolute atomic E-state index is 12.4. The summed E-state index contributed by atoms with van der Waals surface area (Å²) in [7, 11) is -2.97. The SMILES string of the molecule is C[C@@H](C=O)[C@@]1(C)CC[C@@H](CCC(C)(C)[Si](O)(c2ccccc2)c2ccccc2)C1(C)C. The van der Waals surface area contributed by atoms with Crippen molar-refractivity contribution >= 4 is 25.0 Å². The molecule has 0 saturated heterocycles. The number of carbonyl (C=O) groups is 1. The Labute approximate surface area is 190 Å². The van der Waals surface area contributed by atoms with Crippen LogP contribution in [0.25, 0.3) is 0 Å². The molecule has 0 aromatic heterocycles. The fourth-order valence-electron chi connectivity index (χ4n) is 6.12. The lowest BCUT2D eigenvalue weighted by Gasteiger charge is -2.46. The van der Waals surface area contributed by atoms with Gasteiger partial charge in [-0.2, -0.15) is 0 Å². The molecule has 2 aromatic rings. The van der Waals surface area contributed by atoms with Crippen molar-refractivity contribution in [2.75, 3.05) is 0 Å². The Morgan fingerprint density at radius 3 is 1.97 bits per heavy atom. The van der Waals surface area contributed by atoms with Crippen LogP contribution in [0.1, 0.15) is 67.2 Å². The minimum Gasteiger partial charge on any atom is -0.424 e. The number of hydrogen-bond donors (Lipinski definition) is 1. The van der Waals surface area contributed by atoms with E-state index >= 15 is 0 Å². The van der Waals surface area contributed by atoms with E-state index in [1.54, 1.807) is 0 Å². The van der Waals surface area contributed by atoms with Gasteiger partial charge in [-0.1, -0.05) is 102 Å². The zero-order valence-electron chi connectivity index (χ0n) is 20.2. The van der Waals surface area contributed by atoms with Gasteiger partial charge in [0.05, 0.1) is 0 Å². The highest BCUT2D eigenvalue weighted by Crippen LogP contribution is 2.61. The molecule has 3 rings (SSSR count). The molecule has 3 atom stereocenters.